The molecule has 1 amide bonds. The maximum absolute atomic E-state index is 12.8. The molecule has 0 aliphatic heterocycles. The number of carboxylic acids is 1. The molecule has 0 saturated heterocycles. The number of anilines is 1. The average Bonchev–Trinajstić information content (AvgIpc) is 2.86. The second-order valence-corrected chi connectivity index (χ2v) is 8.11. The van der Waals surface area contributed by atoms with E-state index in [1.54, 1.807) is 72.8 Å². The zero-order valence-electron chi connectivity index (χ0n) is 18.5. The number of carbonyl (C=O) groups is 2. The summed E-state index contributed by atoms with van der Waals surface area (Å²) in [4.78, 5) is 24.1. The summed E-state index contributed by atoms with van der Waals surface area (Å²) in [6, 6.07) is 22.5. The normalized spacial score (nSPS) is 12.5. The van der Waals surface area contributed by atoms with Crippen molar-refractivity contribution in [1.29, 1.82) is 0 Å². The van der Waals surface area contributed by atoms with E-state index in [1.165, 1.54) is 6.08 Å². The van der Waals surface area contributed by atoms with Crippen molar-refractivity contribution in [1.82, 2.24) is 0 Å². The molecule has 182 valence electrons. The molecule has 2 atom stereocenters. The molecule has 3 aromatic rings. The highest BCUT2D eigenvalue weighted by molar-refractivity contribution is 9.10. The molecule has 3 N–H and O–H groups in total. The van der Waals surface area contributed by atoms with Crippen LogP contribution in [0, 0.1) is 0 Å². The van der Waals surface area contributed by atoms with Crippen LogP contribution < -0.4 is 14.8 Å². The number of ether oxygens (including phenoxy) is 3. The lowest BCUT2D eigenvalue weighted by Gasteiger charge is -2.26. The third-order valence-corrected chi connectivity index (χ3v) is 5.14. The van der Waals surface area contributed by atoms with Crippen LogP contribution in [0.2, 0.25) is 0 Å². The third-order valence-electron chi connectivity index (χ3n) is 4.61. The Labute approximate surface area is 210 Å². The van der Waals surface area contributed by atoms with E-state index < -0.39 is 24.3 Å². The number of nitrogens with one attached hydrogen (secondary N) is 1. The number of aliphatic hydroxyl groups is 1. The average molecular weight is 542 g/mol. The van der Waals surface area contributed by atoms with Gasteiger partial charge >= 0.3 is 12.1 Å². The lowest BCUT2D eigenvalue weighted by molar-refractivity contribution is -0.131. The number of carbonyl (C=O) groups excluding carboxylic acids is 1. The Kier molecular flexibility index (Phi) is 9.70. The number of amides is 1. The molecule has 3 aromatic carbocycles. The molecule has 0 unspecified atom stereocenters. The van der Waals surface area contributed by atoms with Gasteiger partial charge in [-0.3, -0.25) is 5.32 Å². The van der Waals surface area contributed by atoms with E-state index in [1.807, 2.05) is 6.07 Å². The Morgan fingerprint density at radius 1 is 0.971 bits per heavy atom. The predicted molar refractivity (Wildman–Crippen MR) is 134 cm³/mol. The number of benzene rings is 3. The molecule has 0 saturated carbocycles. The molecular weight excluding hydrogens is 518 g/mol. The van der Waals surface area contributed by atoms with Gasteiger partial charge in [-0.1, -0.05) is 46.3 Å². The SMILES string of the molecule is O=C(O)/C=C/[C@@H](Oc1ccccc1)[C@H](OC(=O)Nc1ccc(Br)cc1)c1cccc(OCCO)c1. The number of rotatable bonds is 11. The topological polar surface area (TPSA) is 114 Å². The predicted octanol–water partition coefficient (Wildman–Crippen LogP) is 5.20. The largest absolute Gasteiger partial charge is 0.491 e. The first-order chi connectivity index (χ1) is 16.9. The molecule has 3 rings (SSSR count). The molecule has 0 bridgehead atoms. The molecule has 0 aliphatic rings. The van der Waals surface area contributed by atoms with Gasteiger partial charge in [-0.25, -0.2) is 9.59 Å². The van der Waals surface area contributed by atoms with Crippen LogP contribution in [-0.4, -0.2) is 41.6 Å². The highest BCUT2D eigenvalue weighted by Crippen LogP contribution is 2.30. The fourth-order valence-electron chi connectivity index (χ4n) is 3.10. The fraction of sp³-hybridized carbons (Fsp3) is 0.154. The number of hydrogen-bond donors (Lipinski definition) is 3. The van der Waals surface area contributed by atoms with Crippen LogP contribution in [0.15, 0.2) is 95.5 Å². The molecule has 0 fully saturated rings. The van der Waals surface area contributed by atoms with Gasteiger partial charge in [-0.2, -0.15) is 0 Å². The first kappa shape index (κ1) is 25.8. The fourth-order valence-corrected chi connectivity index (χ4v) is 3.37. The van der Waals surface area contributed by atoms with Gasteiger partial charge in [-0.15, -0.1) is 0 Å². The second kappa shape index (κ2) is 13.2. The lowest BCUT2D eigenvalue weighted by atomic mass is 10.0. The van der Waals surface area contributed by atoms with Gasteiger partial charge in [0.2, 0.25) is 0 Å². The maximum atomic E-state index is 12.8. The van der Waals surface area contributed by atoms with Crippen LogP contribution in [0.5, 0.6) is 11.5 Å². The Bertz CT molecular complexity index is 1140. The molecule has 0 spiro atoms. The van der Waals surface area contributed by atoms with Crippen molar-refractivity contribution in [3.05, 3.63) is 101 Å². The van der Waals surface area contributed by atoms with Crippen LogP contribution in [0.4, 0.5) is 10.5 Å². The molecule has 0 aliphatic carbocycles. The van der Waals surface area contributed by atoms with Crippen molar-refractivity contribution in [2.45, 2.75) is 12.2 Å². The minimum absolute atomic E-state index is 0.0852. The summed E-state index contributed by atoms with van der Waals surface area (Å²) in [5.74, 6) is -0.272. The Morgan fingerprint density at radius 3 is 2.37 bits per heavy atom. The standard InChI is InChI=1S/C26H24BrNO7/c27-19-9-11-20(12-10-19)28-26(32)35-25(18-5-4-8-22(17-18)33-16-15-29)23(13-14-24(30)31)34-21-6-2-1-3-7-21/h1-14,17,23,25,29H,15-16H2,(H,28,32)(H,30,31)/b14-13+/t23-,25-/m1/s1. The van der Waals surface area contributed by atoms with Gasteiger partial charge in [-0.05, 0) is 54.6 Å². The van der Waals surface area contributed by atoms with Crippen LogP contribution in [0.25, 0.3) is 0 Å². The maximum Gasteiger partial charge on any atom is 0.412 e. The highest BCUT2D eigenvalue weighted by Gasteiger charge is 2.28. The molecule has 0 radical (unpaired) electrons. The van der Waals surface area contributed by atoms with Gasteiger partial charge in [0.1, 0.15) is 18.1 Å². The summed E-state index contributed by atoms with van der Waals surface area (Å²) >= 11 is 3.34. The minimum atomic E-state index is -1.18. The Balaban J connectivity index is 1.94. The van der Waals surface area contributed by atoms with E-state index in [-0.39, 0.29) is 13.2 Å². The van der Waals surface area contributed by atoms with E-state index in [9.17, 15) is 14.7 Å². The van der Waals surface area contributed by atoms with E-state index in [4.69, 9.17) is 19.3 Å². The van der Waals surface area contributed by atoms with Gasteiger partial charge in [0.15, 0.2) is 12.2 Å². The van der Waals surface area contributed by atoms with Crippen molar-refractivity contribution < 1.29 is 34.0 Å². The van der Waals surface area contributed by atoms with Crippen LogP contribution in [0.1, 0.15) is 11.7 Å². The summed E-state index contributed by atoms with van der Waals surface area (Å²) < 4.78 is 18.1. The summed E-state index contributed by atoms with van der Waals surface area (Å²) in [6.45, 7) is -0.0806. The van der Waals surface area contributed by atoms with E-state index in [2.05, 4.69) is 21.2 Å². The summed E-state index contributed by atoms with van der Waals surface area (Å²) in [5.41, 5.74) is 1.01. The summed E-state index contributed by atoms with van der Waals surface area (Å²) in [6.07, 6.45) is -0.544. The van der Waals surface area contributed by atoms with Gasteiger partial charge in [0.25, 0.3) is 0 Å². The van der Waals surface area contributed by atoms with Crippen molar-refractivity contribution in [2.75, 3.05) is 18.5 Å². The molecule has 9 heteroatoms. The molecule has 35 heavy (non-hydrogen) atoms. The second-order valence-electron chi connectivity index (χ2n) is 7.20. The van der Waals surface area contributed by atoms with E-state index in [0.717, 1.165) is 10.5 Å². The van der Waals surface area contributed by atoms with Crippen molar-refractivity contribution in [3.8, 4) is 11.5 Å². The Morgan fingerprint density at radius 2 is 1.69 bits per heavy atom. The summed E-state index contributed by atoms with van der Waals surface area (Å²) in [7, 11) is 0. The quantitative estimate of drug-likeness (QED) is 0.286. The van der Waals surface area contributed by atoms with Gasteiger partial charge < -0.3 is 24.4 Å². The number of halogens is 1. The molecular formula is C26H24BrNO7. The first-order valence-corrected chi connectivity index (χ1v) is 11.4. The van der Waals surface area contributed by atoms with Crippen LogP contribution >= 0.6 is 15.9 Å². The number of hydrogen-bond acceptors (Lipinski definition) is 6. The zero-order chi connectivity index (χ0) is 25.0. The number of para-hydroxylation sites is 1. The molecule has 0 heterocycles. The van der Waals surface area contributed by atoms with E-state index >= 15 is 0 Å². The number of aliphatic carboxylic acids is 1. The van der Waals surface area contributed by atoms with E-state index in [0.29, 0.717) is 22.7 Å². The zero-order valence-corrected chi connectivity index (χ0v) is 20.1. The van der Waals surface area contributed by atoms with Crippen molar-refractivity contribution >= 4 is 33.7 Å². The third kappa shape index (κ3) is 8.47. The van der Waals surface area contributed by atoms with Crippen molar-refractivity contribution in [3.63, 3.8) is 0 Å². The Hall–Kier alpha value is -3.82. The first-order valence-electron chi connectivity index (χ1n) is 10.6. The smallest absolute Gasteiger partial charge is 0.412 e. The summed E-state index contributed by atoms with van der Waals surface area (Å²) in [5, 5.41) is 20.9. The monoisotopic (exact) mass is 541 g/mol. The van der Waals surface area contributed by atoms with Crippen LogP contribution in [0.3, 0.4) is 0 Å². The van der Waals surface area contributed by atoms with Gasteiger partial charge in [0.05, 0.1) is 6.61 Å². The number of aliphatic hydroxyl groups excluding tert-OH is 1. The minimum Gasteiger partial charge on any atom is -0.491 e. The van der Waals surface area contributed by atoms with Crippen molar-refractivity contribution in [2.24, 2.45) is 0 Å². The molecule has 8 nitrogen and oxygen atoms in total. The van der Waals surface area contributed by atoms with Crippen LogP contribution in [-0.2, 0) is 9.53 Å². The number of carboxylic acid groups (broad SMARTS) is 1. The molecule has 0 aromatic heterocycles. The van der Waals surface area contributed by atoms with Gasteiger partial charge in [0, 0.05) is 21.8 Å². The lowest BCUT2D eigenvalue weighted by Crippen LogP contribution is -2.29. The highest BCUT2D eigenvalue weighted by atomic mass is 79.9.